The van der Waals surface area contributed by atoms with Crippen molar-refractivity contribution in [3.05, 3.63) is 35.1 Å². The van der Waals surface area contributed by atoms with E-state index in [0.717, 1.165) is 32.6 Å². The Morgan fingerprint density at radius 1 is 1.35 bits per heavy atom. The van der Waals surface area contributed by atoms with E-state index in [2.05, 4.69) is 24.1 Å². The molecule has 0 aliphatic rings. The molecule has 0 aromatic heterocycles. The second-order valence-electron chi connectivity index (χ2n) is 4.73. The van der Waals surface area contributed by atoms with E-state index >= 15 is 0 Å². The third kappa shape index (κ3) is 5.27. The van der Waals surface area contributed by atoms with Crippen LogP contribution in [0.25, 0.3) is 0 Å². The molecule has 112 valence electrons. The van der Waals surface area contributed by atoms with Crippen LogP contribution in [0, 0.1) is 5.82 Å². The van der Waals surface area contributed by atoms with Crippen molar-refractivity contribution in [2.45, 2.75) is 26.8 Å². The van der Waals surface area contributed by atoms with Gasteiger partial charge in [0.15, 0.2) is 0 Å². The van der Waals surface area contributed by atoms with Gasteiger partial charge in [0.05, 0.1) is 0 Å². The number of amides is 1. The standard InChI is InChI=1S/C15H24FN3O/c1-3-19(4-2)9-5-8-18-11-13-7-6-12(15(17)20)10-14(13)16/h6-7,10,18H,3-5,8-9,11H2,1-2H3,(H2,17,20). The Balaban J connectivity index is 2.34. The van der Waals surface area contributed by atoms with E-state index < -0.39 is 11.7 Å². The van der Waals surface area contributed by atoms with Crippen LogP contribution in [0.2, 0.25) is 0 Å². The fourth-order valence-electron chi connectivity index (χ4n) is 2.03. The first-order valence-electron chi connectivity index (χ1n) is 7.09. The molecule has 0 saturated heterocycles. The van der Waals surface area contributed by atoms with E-state index in [1.54, 1.807) is 12.1 Å². The molecule has 0 spiro atoms. The van der Waals surface area contributed by atoms with Crippen molar-refractivity contribution >= 4 is 5.91 Å². The molecule has 4 nitrogen and oxygen atoms in total. The number of halogens is 1. The minimum absolute atomic E-state index is 0.202. The van der Waals surface area contributed by atoms with Gasteiger partial charge >= 0.3 is 0 Å². The molecule has 1 aromatic rings. The largest absolute Gasteiger partial charge is 0.366 e. The summed E-state index contributed by atoms with van der Waals surface area (Å²) in [7, 11) is 0. The normalized spacial score (nSPS) is 11.0. The van der Waals surface area contributed by atoms with Crippen molar-refractivity contribution in [2.24, 2.45) is 5.73 Å². The van der Waals surface area contributed by atoms with Gasteiger partial charge in [-0.25, -0.2) is 4.39 Å². The van der Waals surface area contributed by atoms with E-state index in [-0.39, 0.29) is 5.56 Å². The second-order valence-corrected chi connectivity index (χ2v) is 4.73. The molecular weight excluding hydrogens is 257 g/mol. The molecule has 0 heterocycles. The molecule has 20 heavy (non-hydrogen) atoms. The molecule has 0 fully saturated rings. The van der Waals surface area contributed by atoms with Gasteiger partial charge in [0.25, 0.3) is 0 Å². The molecule has 1 rings (SSSR count). The molecule has 0 bridgehead atoms. The summed E-state index contributed by atoms with van der Waals surface area (Å²) in [5, 5.41) is 3.21. The Bertz CT molecular complexity index is 433. The lowest BCUT2D eigenvalue weighted by Crippen LogP contribution is -2.27. The van der Waals surface area contributed by atoms with Crippen molar-refractivity contribution in [3.63, 3.8) is 0 Å². The van der Waals surface area contributed by atoms with Gasteiger partial charge in [0.2, 0.25) is 5.91 Å². The van der Waals surface area contributed by atoms with Gasteiger partial charge in [-0.1, -0.05) is 19.9 Å². The minimum atomic E-state index is -0.609. The Kier molecular flexibility index (Phi) is 7.18. The smallest absolute Gasteiger partial charge is 0.248 e. The van der Waals surface area contributed by atoms with Crippen molar-refractivity contribution in [3.8, 4) is 0 Å². The van der Waals surface area contributed by atoms with Crippen LogP contribution in [0.15, 0.2) is 18.2 Å². The molecule has 0 aliphatic carbocycles. The van der Waals surface area contributed by atoms with Crippen molar-refractivity contribution < 1.29 is 9.18 Å². The molecule has 1 aromatic carbocycles. The second kappa shape index (κ2) is 8.66. The summed E-state index contributed by atoms with van der Waals surface area (Å²) in [5.74, 6) is -1.000. The van der Waals surface area contributed by atoms with Crippen LogP contribution in [-0.4, -0.2) is 37.0 Å². The molecule has 5 heteroatoms. The minimum Gasteiger partial charge on any atom is -0.366 e. The third-order valence-corrected chi connectivity index (χ3v) is 3.38. The van der Waals surface area contributed by atoms with Crippen LogP contribution >= 0.6 is 0 Å². The number of hydrogen-bond acceptors (Lipinski definition) is 3. The summed E-state index contributed by atoms with van der Waals surface area (Å²) < 4.78 is 13.7. The Morgan fingerprint density at radius 3 is 2.60 bits per heavy atom. The number of hydrogen-bond donors (Lipinski definition) is 2. The lowest BCUT2D eigenvalue weighted by atomic mass is 10.1. The van der Waals surface area contributed by atoms with E-state index in [9.17, 15) is 9.18 Å². The number of primary amides is 1. The molecule has 0 unspecified atom stereocenters. The number of nitrogens with zero attached hydrogens (tertiary/aromatic N) is 1. The molecule has 0 saturated carbocycles. The van der Waals surface area contributed by atoms with Gasteiger partial charge in [-0.05, 0) is 44.7 Å². The fraction of sp³-hybridized carbons (Fsp3) is 0.533. The lowest BCUT2D eigenvalue weighted by molar-refractivity contribution is 0.1000. The number of nitrogens with one attached hydrogen (secondary N) is 1. The molecule has 1 amide bonds. The monoisotopic (exact) mass is 281 g/mol. The maximum absolute atomic E-state index is 13.7. The van der Waals surface area contributed by atoms with Crippen LogP contribution in [0.1, 0.15) is 36.2 Å². The summed E-state index contributed by atoms with van der Waals surface area (Å²) in [4.78, 5) is 13.3. The van der Waals surface area contributed by atoms with Gasteiger partial charge in [0, 0.05) is 17.7 Å². The van der Waals surface area contributed by atoms with Gasteiger partial charge in [-0.15, -0.1) is 0 Å². The predicted molar refractivity (Wildman–Crippen MR) is 79.0 cm³/mol. The molecule has 0 atom stereocenters. The van der Waals surface area contributed by atoms with E-state index in [1.807, 2.05) is 0 Å². The zero-order chi connectivity index (χ0) is 15.0. The Labute approximate surface area is 120 Å². The lowest BCUT2D eigenvalue weighted by Gasteiger charge is -2.17. The first-order chi connectivity index (χ1) is 9.58. The van der Waals surface area contributed by atoms with Gasteiger partial charge in [-0.2, -0.15) is 0 Å². The van der Waals surface area contributed by atoms with Gasteiger partial charge in [-0.3, -0.25) is 4.79 Å². The van der Waals surface area contributed by atoms with Crippen molar-refractivity contribution in [1.82, 2.24) is 10.2 Å². The molecular formula is C15H24FN3O. The predicted octanol–water partition coefficient (Wildman–Crippen LogP) is 1.75. The quantitative estimate of drug-likeness (QED) is 0.678. The van der Waals surface area contributed by atoms with Crippen molar-refractivity contribution in [2.75, 3.05) is 26.2 Å². The van der Waals surface area contributed by atoms with E-state index in [1.165, 1.54) is 6.07 Å². The Morgan fingerprint density at radius 2 is 2.05 bits per heavy atom. The average molecular weight is 281 g/mol. The Hall–Kier alpha value is -1.46. The van der Waals surface area contributed by atoms with E-state index in [0.29, 0.717) is 12.1 Å². The zero-order valence-corrected chi connectivity index (χ0v) is 12.3. The highest BCUT2D eigenvalue weighted by molar-refractivity contribution is 5.92. The van der Waals surface area contributed by atoms with E-state index in [4.69, 9.17) is 5.73 Å². The molecule has 0 radical (unpaired) electrons. The summed E-state index contributed by atoms with van der Waals surface area (Å²) >= 11 is 0. The average Bonchev–Trinajstić information content (AvgIpc) is 2.44. The van der Waals surface area contributed by atoms with Crippen LogP contribution in [0.4, 0.5) is 4.39 Å². The van der Waals surface area contributed by atoms with Crippen LogP contribution in [0.5, 0.6) is 0 Å². The SMILES string of the molecule is CCN(CC)CCCNCc1ccc(C(N)=O)cc1F. The molecule has 0 aliphatic heterocycles. The maximum atomic E-state index is 13.7. The number of nitrogens with two attached hydrogens (primary N) is 1. The number of carbonyl (C=O) groups excluding carboxylic acids is 1. The number of benzene rings is 1. The number of carbonyl (C=O) groups is 1. The highest BCUT2D eigenvalue weighted by Gasteiger charge is 2.06. The molecule has 3 N–H and O–H groups in total. The van der Waals surface area contributed by atoms with Crippen LogP contribution < -0.4 is 11.1 Å². The first-order valence-corrected chi connectivity index (χ1v) is 7.09. The first kappa shape index (κ1) is 16.6. The van der Waals surface area contributed by atoms with Crippen LogP contribution in [-0.2, 0) is 6.54 Å². The zero-order valence-electron chi connectivity index (χ0n) is 12.3. The van der Waals surface area contributed by atoms with Gasteiger partial charge < -0.3 is 16.0 Å². The van der Waals surface area contributed by atoms with Crippen molar-refractivity contribution in [1.29, 1.82) is 0 Å². The summed E-state index contributed by atoms with van der Waals surface area (Å²) in [6, 6.07) is 4.35. The topological polar surface area (TPSA) is 58.4 Å². The summed E-state index contributed by atoms with van der Waals surface area (Å²) in [6.07, 6.45) is 1.03. The number of rotatable bonds is 9. The van der Waals surface area contributed by atoms with Crippen LogP contribution in [0.3, 0.4) is 0 Å². The highest BCUT2D eigenvalue weighted by Crippen LogP contribution is 2.10. The highest BCUT2D eigenvalue weighted by atomic mass is 19.1. The summed E-state index contributed by atoms with van der Waals surface area (Å²) in [5.41, 5.74) is 5.86. The third-order valence-electron chi connectivity index (χ3n) is 3.38. The van der Waals surface area contributed by atoms with Gasteiger partial charge in [0.1, 0.15) is 5.82 Å². The fourth-order valence-corrected chi connectivity index (χ4v) is 2.03. The summed E-state index contributed by atoms with van der Waals surface area (Å²) in [6.45, 7) is 8.75. The maximum Gasteiger partial charge on any atom is 0.248 e.